The molecule has 5 rings (SSSR count). The molecule has 0 bridgehead atoms. The van der Waals surface area contributed by atoms with Gasteiger partial charge >= 0.3 is 0 Å². The van der Waals surface area contributed by atoms with Crippen molar-refractivity contribution in [2.75, 3.05) is 26.9 Å². The van der Waals surface area contributed by atoms with E-state index in [0.29, 0.717) is 25.6 Å². The predicted molar refractivity (Wildman–Crippen MR) is 118 cm³/mol. The number of rotatable bonds is 5. The lowest BCUT2D eigenvalue weighted by Gasteiger charge is -2.40. The third-order valence-electron chi connectivity index (χ3n) is 5.67. The van der Waals surface area contributed by atoms with Crippen molar-refractivity contribution in [1.29, 1.82) is 0 Å². The molecule has 164 valence electrons. The van der Waals surface area contributed by atoms with E-state index in [9.17, 15) is 4.39 Å². The molecule has 0 saturated carbocycles. The number of benzene rings is 2. The number of oxime groups is 1. The van der Waals surface area contributed by atoms with Gasteiger partial charge in [-0.15, -0.1) is 0 Å². The summed E-state index contributed by atoms with van der Waals surface area (Å²) in [5.74, 6) is 1.13. The average molecular weight is 434 g/mol. The normalized spacial score (nSPS) is 20.2. The molecule has 32 heavy (non-hydrogen) atoms. The summed E-state index contributed by atoms with van der Waals surface area (Å²) in [6.07, 6.45) is 7.59. The van der Waals surface area contributed by atoms with Crippen molar-refractivity contribution >= 4 is 11.9 Å². The van der Waals surface area contributed by atoms with Crippen molar-refractivity contribution in [2.45, 2.75) is 12.6 Å². The highest BCUT2D eigenvalue weighted by Gasteiger charge is 2.49. The van der Waals surface area contributed by atoms with Crippen LogP contribution in [-0.2, 0) is 15.3 Å². The zero-order valence-electron chi connectivity index (χ0n) is 17.9. The number of aryl methyl sites for hydroxylation is 1. The van der Waals surface area contributed by atoms with Gasteiger partial charge in [-0.25, -0.2) is 9.37 Å². The summed E-state index contributed by atoms with van der Waals surface area (Å²) < 4.78 is 26.7. The Morgan fingerprint density at radius 1 is 1.16 bits per heavy atom. The number of hydrogen-bond acceptors (Lipinski definition) is 6. The minimum atomic E-state index is -0.882. The van der Waals surface area contributed by atoms with E-state index in [1.165, 1.54) is 12.1 Å². The lowest BCUT2D eigenvalue weighted by atomic mass is 10.00. The van der Waals surface area contributed by atoms with E-state index < -0.39 is 5.72 Å². The quantitative estimate of drug-likeness (QED) is 0.610. The highest BCUT2D eigenvalue weighted by molar-refractivity contribution is 5.97. The van der Waals surface area contributed by atoms with Crippen molar-refractivity contribution in [3.8, 4) is 11.4 Å². The molecule has 7 nitrogen and oxygen atoms in total. The van der Waals surface area contributed by atoms with Crippen molar-refractivity contribution < 1.29 is 18.7 Å². The molecule has 8 heteroatoms. The van der Waals surface area contributed by atoms with Crippen molar-refractivity contribution in [2.24, 2.45) is 5.16 Å². The molecule has 0 aliphatic carbocycles. The predicted octanol–water partition coefficient (Wildman–Crippen LogP) is 3.87. The van der Waals surface area contributed by atoms with E-state index in [1.54, 1.807) is 25.6 Å². The molecular weight excluding hydrogens is 411 g/mol. The maximum absolute atomic E-state index is 13.4. The van der Waals surface area contributed by atoms with Gasteiger partial charge in [-0.2, -0.15) is 0 Å². The third-order valence-corrected chi connectivity index (χ3v) is 5.67. The summed E-state index contributed by atoms with van der Waals surface area (Å²) in [4.78, 5) is 12.2. The fourth-order valence-corrected chi connectivity index (χ4v) is 4.03. The molecule has 0 radical (unpaired) electrons. The maximum Gasteiger partial charge on any atom is 0.260 e. The number of methoxy groups -OCH3 is 1. The van der Waals surface area contributed by atoms with Crippen LogP contribution in [0.1, 0.15) is 16.8 Å². The number of amidine groups is 1. The summed E-state index contributed by atoms with van der Waals surface area (Å²) in [5.41, 5.74) is 2.72. The molecule has 1 unspecified atom stereocenters. The Kier molecular flexibility index (Phi) is 5.14. The van der Waals surface area contributed by atoms with Crippen LogP contribution in [0.3, 0.4) is 0 Å². The van der Waals surface area contributed by atoms with Crippen LogP contribution in [0.15, 0.2) is 66.2 Å². The minimum absolute atomic E-state index is 0.296. The van der Waals surface area contributed by atoms with Crippen LogP contribution in [0.25, 0.3) is 11.8 Å². The molecule has 0 spiro atoms. The van der Waals surface area contributed by atoms with Gasteiger partial charge in [-0.05, 0) is 55.0 Å². The number of nitrogens with zero attached hydrogens (tertiary/aromatic N) is 4. The standard InChI is InChI=1S/C24H23FN4O3/c1-17-14-28(16-26-17)21-9-3-18(13-22(21)30-2)4-10-23-27-32-24(15-31-12-11-29(23)24)19-5-7-20(25)8-6-19/h3-10,13-14,16H,11-12,15H2,1-2H3/b10-4+. The van der Waals surface area contributed by atoms with Crippen LogP contribution in [0.2, 0.25) is 0 Å². The lowest BCUT2D eigenvalue weighted by Crippen LogP contribution is -2.54. The number of imidazole rings is 1. The van der Waals surface area contributed by atoms with Gasteiger partial charge in [0.1, 0.15) is 18.2 Å². The second kappa shape index (κ2) is 8.12. The van der Waals surface area contributed by atoms with E-state index in [0.717, 1.165) is 28.3 Å². The topological polar surface area (TPSA) is 61.1 Å². The van der Waals surface area contributed by atoms with E-state index >= 15 is 0 Å². The highest BCUT2D eigenvalue weighted by Crippen LogP contribution is 2.38. The fraction of sp³-hybridized carbons (Fsp3) is 0.250. The smallest absolute Gasteiger partial charge is 0.260 e. The number of ether oxygens (including phenoxy) is 2. The number of halogens is 1. The largest absolute Gasteiger partial charge is 0.495 e. The number of morpholine rings is 1. The Labute approximate surface area is 185 Å². The summed E-state index contributed by atoms with van der Waals surface area (Å²) in [5, 5.41) is 4.32. The van der Waals surface area contributed by atoms with Crippen LogP contribution >= 0.6 is 0 Å². The van der Waals surface area contributed by atoms with Crippen molar-refractivity contribution in [1.82, 2.24) is 14.5 Å². The lowest BCUT2D eigenvalue weighted by molar-refractivity contribution is -0.180. The summed E-state index contributed by atoms with van der Waals surface area (Å²) in [6.45, 7) is 3.43. The van der Waals surface area contributed by atoms with Crippen LogP contribution in [-0.4, -0.2) is 47.2 Å². The number of aromatic nitrogens is 2. The van der Waals surface area contributed by atoms with E-state index in [-0.39, 0.29) is 5.82 Å². The molecule has 1 atom stereocenters. The summed E-state index contributed by atoms with van der Waals surface area (Å²) in [7, 11) is 1.65. The van der Waals surface area contributed by atoms with E-state index in [1.807, 2.05) is 48.0 Å². The van der Waals surface area contributed by atoms with Crippen LogP contribution < -0.4 is 4.74 Å². The molecular formula is C24H23FN4O3. The van der Waals surface area contributed by atoms with Gasteiger partial charge in [0.15, 0.2) is 5.84 Å². The Morgan fingerprint density at radius 3 is 2.75 bits per heavy atom. The zero-order chi connectivity index (χ0) is 22.1. The maximum atomic E-state index is 13.4. The molecule has 3 aromatic rings. The first kappa shape index (κ1) is 20.3. The molecule has 1 aromatic heterocycles. The molecule has 1 fully saturated rings. The van der Waals surface area contributed by atoms with E-state index in [4.69, 9.17) is 14.3 Å². The molecule has 2 aromatic carbocycles. The number of fused-ring (bicyclic) bond motifs is 1. The first-order chi connectivity index (χ1) is 15.6. The average Bonchev–Trinajstić information content (AvgIpc) is 3.42. The van der Waals surface area contributed by atoms with Gasteiger partial charge in [-0.3, -0.25) is 0 Å². The Balaban J connectivity index is 1.40. The minimum Gasteiger partial charge on any atom is -0.495 e. The second-order valence-electron chi connectivity index (χ2n) is 7.72. The van der Waals surface area contributed by atoms with Gasteiger partial charge in [-0.1, -0.05) is 17.3 Å². The van der Waals surface area contributed by atoms with Gasteiger partial charge in [0.2, 0.25) is 0 Å². The van der Waals surface area contributed by atoms with Gasteiger partial charge in [0.25, 0.3) is 5.72 Å². The van der Waals surface area contributed by atoms with Gasteiger partial charge in [0.05, 0.1) is 31.4 Å². The first-order valence-electron chi connectivity index (χ1n) is 10.3. The summed E-state index contributed by atoms with van der Waals surface area (Å²) >= 11 is 0. The number of hydrogen-bond donors (Lipinski definition) is 0. The first-order valence-corrected chi connectivity index (χ1v) is 10.3. The third kappa shape index (κ3) is 3.52. The fourth-order valence-electron chi connectivity index (χ4n) is 4.03. The monoisotopic (exact) mass is 434 g/mol. The van der Waals surface area contributed by atoms with Crippen LogP contribution in [0.4, 0.5) is 4.39 Å². The Morgan fingerprint density at radius 2 is 2.00 bits per heavy atom. The molecule has 0 N–H and O–H groups in total. The Bertz CT molecular complexity index is 1190. The molecule has 0 amide bonds. The van der Waals surface area contributed by atoms with Gasteiger partial charge < -0.3 is 23.8 Å². The van der Waals surface area contributed by atoms with Crippen LogP contribution in [0.5, 0.6) is 5.75 Å². The van der Waals surface area contributed by atoms with E-state index in [2.05, 4.69) is 15.0 Å². The highest BCUT2D eigenvalue weighted by atomic mass is 19.1. The van der Waals surface area contributed by atoms with Gasteiger partial charge in [0, 0.05) is 18.3 Å². The zero-order valence-corrected chi connectivity index (χ0v) is 17.9. The molecule has 2 aliphatic rings. The molecule has 2 aliphatic heterocycles. The second-order valence-corrected chi connectivity index (χ2v) is 7.72. The molecule has 3 heterocycles. The SMILES string of the molecule is COc1cc(/C=C/C2=NOC3(c4ccc(F)cc4)COCCN23)ccc1-n1cnc(C)c1. The summed E-state index contributed by atoms with van der Waals surface area (Å²) in [6, 6.07) is 12.2. The molecule has 1 saturated heterocycles. The van der Waals surface area contributed by atoms with Crippen molar-refractivity contribution in [3.05, 3.63) is 83.7 Å². The van der Waals surface area contributed by atoms with Crippen molar-refractivity contribution in [3.63, 3.8) is 0 Å². The van der Waals surface area contributed by atoms with Crippen LogP contribution in [0, 0.1) is 12.7 Å². The Hall–Kier alpha value is -3.65.